The van der Waals surface area contributed by atoms with Gasteiger partial charge in [-0.15, -0.1) is 0 Å². The van der Waals surface area contributed by atoms with Crippen molar-refractivity contribution in [2.24, 2.45) is 0 Å². The molecular weight excluding hydrogens is 219 g/mol. The minimum absolute atomic E-state index is 0.0537. The van der Waals surface area contributed by atoms with Gasteiger partial charge in [0.25, 0.3) is 0 Å². The Labute approximate surface area is 79.9 Å². The Morgan fingerprint density at radius 1 is 1.50 bits per heavy atom. The van der Waals surface area contributed by atoms with Crippen molar-refractivity contribution < 1.29 is 4.39 Å². The van der Waals surface area contributed by atoms with E-state index in [2.05, 4.69) is 22.9 Å². The van der Waals surface area contributed by atoms with E-state index in [0.29, 0.717) is 10.7 Å². The molecule has 0 bridgehead atoms. The van der Waals surface area contributed by atoms with E-state index in [-0.39, 0.29) is 5.82 Å². The lowest BCUT2D eigenvalue weighted by molar-refractivity contribution is 0.595. The second-order valence-corrected chi connectivity index (χ2v) is 4.45. The van der Waals surface area contributed by atoms with Crippen molar-refractivity contribution in [3.05, 3.63) is 35.1 Å². The summed E-state index contributed by atoms with van der Waals surface area (Å²) in [4.78, 5) is 0.346. The van der Waals surface area contributed by atoms with E-state index in [0.717, 1.165) is 17.5 Å². The molecule has 0 heterocycles. The number of hydrogen-bond acceptors (Lipinski definition) is 0. The molecule has 2 atom stereocenters. The van der Waals surface area contributed by atoms with Gasteiger partial charge in [0.1, 0.15) is 5.82 Å². The Kier molecular flexibility index (Phi) is 1.95. The summed E-state index contributed by atoms with van der Waals surface area (Å²) in [5, 5.41) is 0. The van der Waals surface area contributed by atoms with E-state index < -0.39 is 0 Å². The van der Waals surface area contributed by atoms with Crippen molar-refractivity contribution in [2.45, 2.75) is 24.1 Å². The SMILES string of the molecule is CC1CC(Br)c2cccc(F)c21. The van der Waals surface area contributed by atoms with E-state index >= 15 is 0 Å². The fourth-order valence-electron chi connectivity index (χ4n) is 1.90. The van der Waals surface area contributed by atoms with E-state index in [1.54, 1.807) is 12.1 Å². The van der Waals surface area contributed by atoms with Crippen molar-refractivity contribution >= 4 is 15.9 Å². The molecule has 0 saturated heterocycles. The molecule has 0 N–H and O–H groups in total. The second-order valence-electron chi connectivity index (χ2n) is 3.35. The normalized spacial score (nSPS) is 27.2. The standard InChI is InChI=1S/C10H10BrF/c1-6-5-8(11)7-3-2-4-9(12)10(6)7/h2-4,6,8H,5H2,1H3. The Balaban J connectivity index is 2.59. The van der Waals surface area contributed by atoms with E-state index in [1.807, 2.05) is 6.07 Å². The summed E-state index contributed by atoms with van der Waals surface area (Å²) in [5.41, 5.74) is 2.03. The first kappa shape index (κ1) is 8.24. The zero-order valence-electron chi connectivity index (χ0n) is 6.85. The number of alkyl halides is 1. The maximum Gasteiger partial charge on any atom is 0.126 e. The summed E-state index contributed by atoms with van der Waals surface area (Å²) in [6.45, 7) is 2.07. The van der Waals surface area contributed by atoms with Crippen LogP contribution in [-0.2, 0) is 0 Å². The monoisotopic (exact) mass is 228 g/mol. The van der Waals surface area contributed by atoms with Gasteiger partial charge < -0.3 is 0 Å². The maximum absolute atomic E-state index is 13.3. The van der Waals surface area contributed by atoms with Gasteiger partial charge in [-0.3, -0.25) is 0 Å². The van der Waals surface area contributed by atoms with Crippen molar-refractivity contribution in [2.75, 3.05) is 0 Å². The van der Waals surface area contributed by atoms with Gasteiger partial charge in [-0.1, -0.05) is 35.0 Å². The van der Waals surface area contributed by atoms with Crippen LogP contribution in [0.5, 0.6) is 0 Å². The van der Waals surface area contributed by atoms with Crippen LogP contribution >= 0.6 is 15.9 Å². The molecule has 1 aliphatic carbocycles. The van der Waals surface area contributed by atoms with Gasteiger partial charge in [-0.05, 0) is 29.5 Å². The summed E-state index contributed by atoms with van der Waals surface area (Å²) in [5.74, 6) is 0.299. The number of halogens is 2. The molecule has 0 amide bonds. The van der Waals surface area contributed by atoms with Crippen LogP contribution in [-0.4, -0.2) is 0 Å². The van der Waals surface area contributed by atoms with Crippen LogP contribution in [0.4, 0.5) is 4.39 Å². The molecule has 64 valence electrons. The first-order valence-corrected chi connectivity index (χ1v) is 5.04. The molecule has 0 spiro atoms. The van der Waals surface area contributed by atoms with Crippen LogP contribution in [0.25, 0.3) is 0 Å². The highest BCUT2D eigenvalue weighted by molar-refractivity contribution is 9.09. The van der Waals surface area contributed by atoms with Crippen LogP contribution in [0.1, 0.15) is 35.2 Å². The molecule has 0 radical (unpaired) electrons. The Bertz CT molecular complexity index is 309. The molecule has 0 nitrogen and oxygen atoms in total. The van der Waals surface area contributed by atoms with Gasteiger partial charge >= 0.3 is 0 Å². The molecule has 0 fully saturated rings. The fourth-order valence-corrected chi connectivity index (χ4v) is 2.86. The second kappa shape index (κ2) is 2.84. The van der Waals surface area contributed by atoms with Gasteiger partial charge in [-0.2, -0.15) is 0 Å². The summed E-state index contributed by atoms with van der Waals surface area (Å²) in [6.07, 6.45) is 1.01. The van der Waals surface area contributed by atoms with Crippen LogP contribution in [0.15, 0.2) is 18.2 Å². The minimum atomic E-state index is -0.0537. The fraction of sp³-hybridized carbons (Fsp3) is 0.400. The highest BCUT2D eigenvalue weighted by atomic mass is 79.9. The Morgan fingerprint density at radius 2 is 2.25 bits per heavy atom. The maximum atomic E-state index is 13.3. The highest BCUT2D eigenvalue weighted by Crippen LogP contribution is 2.45. The van der Waals surface area contributed by atoms with Crippen molar-refractivity contribution in [1.29, 1.82) is 0 Å². The van der Waals surface area contributed by atoms with Crippen LogP contribution in [0.2, 0.25) is 0 Å². The molecule has 0 aliphatic heterocycles. The lowest BCUT2D eigenvalue weighted by atomic mass is 10.0. The predicted molar refractivity (Wildman–Crippen MR) is 51.1 cm³/mol. The predicted octanol–water partition coefficient (Wildman–Crippen LogP) is 3.77. The summed E-state index contributed by atoms with van der Waals surface area (Å²) < 4.78 is 13.3. The molecule has 0 aromatic heterocycles. The quantitative estimate of drug-likeness (QED) is 0.594. The van der Waals surface area contributed by atoms with E-state index in [9.17, 15) is 4.39 Å². The number of benzene rings is 1. The largest absolute Gasteiger partial charge is 0.207 e. The van der Waals surface area contributed by atoms with Crippen LogP contribution in [0, 0.1) is 5.82 Å². The summed E-state index contributed by atoms with van der Waals surface area (Å²) >= 11 is 3.54. The lowest BCUT2D eigenvalue weighted by Crippen LogP contribution is -1.91. The summed E-state index contributed by atoms with van der Waals surface area (Å²) in [7, 11) is 0. The topological polar surface area (TPSA) is 0 Å². The number of fused-ring (bicyclic) bond motifs is 1. The van der Waals surface area contributed by atoms with Gasteiger partial charge in [0, 0.05) is 4.83 Å². The van der Waals surface area contributed by atoms with Gasteiger partial charge in [0.2, 0.25) is 0 Å². The minimum Gasteiger partial charge on any atom is -0.207 e. The zero-order chi connectivity index (χ0) is 8.72. The smallest absolute Gasteiger partial charge is 0.126 e. The van der Waals surface area contributed by atoms with Gasteiger partial charge in [0.15, 0.2) is 0 Å². The molecule has 2 heteroatoms. The molecule has 1 aromatic carbocycles. The molecule has 12 heavy (non-hydrogen) atoms. The van der Waals surface area contributed by atoms with Crippen molar-refractivity contribution in [3.63, 3.8) is 0 Å². The third-order valence-electron chi connectivity index (χ3n) is 2.48. The Hall–Kier alpha value is -0.370. The molecule has 1 aliphatic rings. The highest BCUT2D eigenvalue weighted by Gasteiger charge is 2.28. The summed E-state index contributed by atoms with van der Waals surface area (Å²) in [6, 6.07) is 5.32. The van der Waals surface area contributed by atoms with Crippen LogP contribution < -0.4 is 0 Å². The third kappa shape index (κ3) is 1.09. The van der Waals surface area contributed by atoms with Crippen molar-refractivity contribution in [1.82, 2.24) is 0 Å². The molecule has 0 saturated carbocycles. The molecule has 1 aromatic rings. The molecule has 2 unspecified atom stereocenters. The average molecular weight is 229 g/mol. The van der Waals surface area contributed by atoms with E-state index in [4.69, 9.17) is 0 Å². The number of hydrogen-bond donors (Lipinski definition) is 0. The number of rotatable bonds is 0. The average Bonchev–Trinajstić information content (AvgIpc) is 2.29. The molecular formula is C10H10BrF. The van der Waals surface area contributed by atoms with Gasteiger partial charge in [-0.25, -0.2) is 4.39 Å². The van der Waals surface area contributed by atoms with Crippen LogP contribution in [0.3, 0.4) is 0 Å². The molecule has 2 rings (SSSR count). The first-order chi connectivity index (χ1) is 5.70. The van der Waals surface area contributed by atoms with Crippen molar-refractivity contribution in [3.8, 4) is 0 Å². The lowest BCUT2D eigenvalue weighted by Gasteiger charge is -2.04. The van der Waals surface area contributed by atoms with Gasteiger partial charge in [0.05, 0.1) is 0 Å². The third-order valence-corrected chi connectivity index (χ3v) is 3.34. The van der Waals surface area contributed by atoms with E-state index in [1.165, 1.54) is 0 Å². The first-order valence-electron chi connectivity index (χ1n) is 4.12. The Morgan fingerprint density at radius 3 is 2.92 bits per heavy atom. The zero-order valence-corrected chi connectivity index (χ0v) is 8.44.